The van der Waals surface area contributed by atoms with E-state index in [4.69, 9.17) is 10.2 Å². The van der Waals surface area contributed by atoms with E-state index < -0.39 is 78.1 Å². The van der Waals surface area contributed by atoms with E-state index in [-0.39, 0.29) is 11.1 Å². The molecule has 0 aromatic heterocycles. The lowest BCUT2D eigenvalue weighted by Gasteiger charge is -2.41. The van der Waals surface area contributed by atoms with Gasteiger partial charge < -0.3 is 14.9 Å². The maximum absolute atomic E-state index is 13.9. The molecule has 0 spiro atoms. The van der Waals surface area contributed by atoms with E-state index in [1.54, 1.807) is 0 Å². The zero-order chi connectivity index (χ0) is 30.5. The summed E-state index contributed by atoms with van der Waals surface area (Å²) in [5, 5.41) is 18.2. The zero-order valence-corrected chi connectivity index (χ0v) is 17.8. The monoisotopic (exact) mass is 598 g/mol. The molecule has 0 fully saturated rings. The molecule has 0 aliphatic heterocycles. The van der Waals surface area contributed by atoms with Gasteiger partial charge in [-0.05, 0) is 30.2 Å². The summed E-state index contributed by atoms with van der Waals surface area (Å²) >= 11 is 0. The number of alkyl halides is 15. The third kappa shape index (κ3) is 4.84. The van der Waals surface area contributed by atoms with Crippen LogP contribution in [0.3, 0.4) is 0 Å². The van der Waals surface area contributed by atoms with Crippen molar-refractivity contribution in [3.05, 3.63) is 40.7 Å². The highest BCUT2D eigenvalue weighted by molar-refractivity contribution is 5.42. The first kappa shape index (κ1) is 33.5. The molecule has 0 bridgehead atoms. The SMILES string of the molecule is Cc1cc(CO)c(OC(F)=C(F)C(F)(F)C(F)(F)C(F)(F)C(F)(F)C(F)(F)C(F)(F)C(F)(F)F)cc1CO. The average Bonchev–Trinajstić information content (AvgIpc) is 2.77. The van der Waals surface area contributed by atoms with Crippen molar-refractivity contribution in [3.8, 4) is 5.75 Å². The van der Waals surface area contributed by atoms with Crippen LogP contribution < -0.4 is 4.74 Å². The van der Waals surface area contributed by atoms with Gasteiger partial charge in [0.1, 0.15) is 5.75 Å². The Balaban J connectivity index is 3.68. The minimum atomic E-state index is -8.68. The van der Waals surface area contributed by atoms with Crippen molar-refractivity contribution >= 4 is 0 Å². The van der Waals surface area contributed by atoms with Gasteiger partial charge >= 0.3 is 47.7 Å². The van der Waals surface area contributed by atoms with Gasteiger partial charge in [0.25, 0.3) is 0 Å². The van der Waals surface area contributed by atoms with E-state index in [0.717, 1.165) is 6.07 Å². The predicted octanol–water partition coefficient (Wildman–Crippen LogP) is 6.84. The van der Waals surface area contributed by atoms with Crippen molar-refractivity contribution in [1.29, 1.82) is 0 Å². The van der Waals surface area contributed by atoms with Gasteiger partial charge in [-0.25, -0.2) is 0 Å². The van der Waals surface area contributed by atoms with E-state index >= 15 is 0 Å². The molecule has 1 aromatic rings. The average molecular weight is 598 g/mol. The molecule has 0 unspecified atom stereocenters. The molecule has 0 saturated heterocycles. The van der Waals surface area contributed by atoms with Crippen LogP contribution in [-0.2, 0) is 13.2 Å². The van der Waals surface area contributed by atoms with Crippen LogP contribution in [0.5, 0.6) is 5.75 Å². The molecule has 0 atom stereocenters. The number of hydrogen-bond donors (Lipinski definition) is 2. The van der Waals surface area contributed by atoms with Crippen LogP contribution >= 0.6 is 0 Å². The van der Waals surface area contributed by atoms with E-state index in [2.05, 4.69) is 4.74 Å². The van der Waals surface area contributed by atoms with Crippen LogP contribution in [0.2, 0.25) is 0 Å². The molecule has 0 aliphatic carbocycles. The molecular weight excluding hydrogens is 587 g/mol. The van der Waals surface area contributed by atoms with Gasteiger partial charge in [-0.1, -0.05) is 0 Å². The largest absolute Gasteiger partial charge is 0.460 e. The van der Waals surface area contributed by atoms with Crippen molar-refractivity contribution in [2.45, 2.75) is 61.8 Å². The lowest BCUT2D eigenvalue weighted by Crippen LogP contribution is -2.72. The summed E-state index contributed by atoms with van der Waals surface area (Å²) in [7, 11) is 0. The predicted molar refractivity (Wildman–Crippen MR) is 88.6 cm³/mol. The van der Waals surface area contributed by atoms with Crippen LogP contribution in [-0.4, -0.2) is 51.9 Å². The Morgan fingerprint density at radius 2 is 1.03 bits per heavy atom. The van der Waals surface area contributed by atoms with Gasteiger partial charge in [0, 0.05) is 5.56 Å². The highest BCUT2D eigenvalue weighted by Gasteiger charge is 2.93. The maximum atomic E-state index is 13.9. The number of benzene rings is 1. The molecule has 1 rings (SSSR count). The standard InChI is InChI=1S/C18H11F17O3/c1-6-2-8(5-37)9(3-7(6)4-36)38-11(20)10(19)12(21,22)13(23,24)14(25,26)15(27,28)16(29,30)17(31,32)18(33,34)35/h2-3,36-37H,4-5H2,1H3. The molecular formula is C18H11F17O3. The second-order valence-corrected chi connectivity index (χ2v) is 7.34. The summed E-state index contributed by atoms with van der Waals surface area (Å²) < 4.78 is 229. The first-order valence-electron chi connectivity index (χ1n) is 9.12. The molecule has 3 nitrogen and oxygen atoms in total. The summed E-state index contributed by atoms with van der Waals surface area (Å²) in [6, 6.07) is -2.37. The van der Waals surface area contributed by atoms with Gasteiger partial charge in [-0.15, -0.1) is 0 Å². The molecule has 220 valence electrons. The van der Waals surface area contributed by atoms with E-state index in [0.29, 0.717) is 6.07 Å². The molecule has 0 radical (unpaired) electrons. The summed E-state index contributed by atoms with van der Waals surface area (Å²) in [4.78, 5) is 0. The van der Waals surface area contributed by atoms with Crippen molar-refractivity contribution in [2.75, 3.05) is 0 Å². The Morgan fingerprint density at radius 1 is 0.632 bits per heavy atom. The molecule has 0 heterocycles. The third-order valence-electron chi connectivity index (χ3n) is 4.84. The number of rotatable bonds is 10. The lowest BCUT2D eigenvalue weighted by atomic mass is 9.91. The minimum absolute atomic E-state index is 0.0732. The summed E-state index contributed by atoms with van der Waals surface area (Å²) in [6.45, 7) is -0.916. The topological polar surface area (TPSA) is 49.7 Å². The van der Waals surface area contributed by atoms with E-state index in [1.807, 2.05) is 0 Å². The van der Waals surface area contributed by atoms with Gasteiger partial charge in [-0.2, -0.15) is 74.6 Å². The Morgan fingerprint density at radius 3 is 1.42 bits per heavy atom. The smallest absolute Gasteiger partial charge is 0.429 e. The van der Waals surface area contributed by atoms with Gasteiger partial charge in [-0.3, -0.25) is 0 Å². The first-order valence-corrected chi connectivity index (χ1v) is 9.12. The number of ether oxygens (including phenoxy) is 1. The maximum Gasteiger partial charge on any atom is 0.460 e. The van der Waals surface area contributed by atoms with Crippen LogP contribution in [0.25, 0.3) is 0 Å². The van der Waals surface area contributed by atoms with Gasteiger partial charge in [0.2, 0.25) is 5.83 Å². The summed E-state index contributed by atoms with van der Waals surface area (Å²) in [6.07, 6.45) is -7.81. The molecule has 0 aliphatic rings. The number of aryl methyl sites for hydroxylation is 1. The number of aliphatic hydroxyl groups excluding tert-OH is 2. The normalized spacial score (nSPS) is 15.5. The van der Waals surface area contributed by atoms with Gasteiger partial charge in [0.15, 0.2) is 0 Å². The second kappa shape index (κ2) is 9.91. The van der Waals surface area contributed by atoms with Crippen LogP contribution in [0, 0.1) is 6.92 Å². The fourth-order valence-corrected chi connectivity index (χ4v) is 2.55. The Labute approximate surface area is 199 Å². The van der Waals surface area contributed by atoms with Crippen LogP contribution in [0.1, 0.15) is 16.7 Å². The Hall–Kier alpha value is -2.51. The highest BCUT2D eigenvalue weighted by atomic mass is 19.4. The zero-order valence-electron chi connectivity index (χ0n) is 17.8. The minimum Gasteiger partial charge on any atom is -0.429 e. The van der Waals surface area contributed by atoms with Crippen molar-refractivity contribution in [3.63, 3.8) is 0 Å². The fraction of sp³-hybridized carbons (Fsp3) is 0.556. The highest BCUT2D eigenvalue weighted by Crippen LogP contribution is 2.63. The van der Waals surface area contributed by atoms with Crippen molar-refractivity contribution in [2.24, 2.45) is 0 Å². The van der Waals surface area contributed by atoms with Crippen LogP contribution in [0.15, 0.2) is 24.0 Å². The third-order valence-corrected chi connectivity index (χ3v) is 4.84. The van der Waals surface area contributed by atoms with E-state index in [1.165, 1.54) is 6.92 Å². The number of hydrogen-bond acceptors (Lipinski definition) is 3. The van der Waals surface area contributed by atoms with Gasteiger partial charge in [0.05, 0.1) is 13.2 Å². The second-order valence-electron chi connectivity index (χ2n) is 7.34. The lowest BCUT2D eigenvalue weighted by molar-refractivity contribution is -0.451. The molecule has 38 heavy (non-hydrogen) atoms. The van der Waals surface area contributed by atoms with Crippen molar-refractivity contribution < 1.29 is 89.6 Å². The molecule has 0 saturated carbocycles. The van der Waals surface area contributed by atoms with Crippen molar-refractivity contribution in [1.82, 2.24) is 0 Å². The molecule has 1 aromatic carbocycles. The number of halogens is 17. The fourth-order valence-electron chi connectivity index (χ4n) is 2.55. The summed E-state index contributed by atoms with van der Waals surface area (Å²) in [5.74, 6) is -55.9. The molecule has 0 amide bonds. The molecule has 2 N–H and O–H groups in total. The molecule has 20 heteroatoms. The summed E-state index contributed by atoms with van der Waals surface area (Å²) in [5.41, 5.74) is -0.866. The van der Waals surface area contributed by atoms with Crippen LogP contribution in [0.4, 0.5) is 74.6 Å². The quantitative estimate of drug-likeness (QED) is 0.229. The first-order chi connectivity index (χ1) is 16.7. The number of aliphatic hydroxyl groups is 2. The number of allylic oxidation sites excluding steroid dienone is 1. The Bertz CT molecular complexity index is 1060. The Kier molecular flexibility index (Phi) is 8.74. The van der Waals surface area contributed by atoms with E-state index in [9.17, 15) is 74.6 Å².